The summed E-state index contributed by atoms with van der Waals surface area (Å²) >= 11 is 8.16. The number of fused-ring (bicyclic) bond motifs is 2. The van der Waals surface area contributed by atoms with Gasteiger partial charge in [-0.15, -0.1) is 0 Å². The second kappa shape index (κ2) is 10.3. The summed E-state index contributed by atoms with van der Waals surface area (Å²) in [5, 5.41) is 8.91. The molecule has 1 spiro atoms. The van der Waals surface area contributed by atoms with E-state index < -0.39 is 0 Å². The van der Waals surface area contributed by atoms with Crippen LogP contribution in [0.5, 0.6) is 0 Å². The Balaban J connectivity index is 1.11. The molecule has 3 N–H and O–H groups in total. The quantitative estimate of drug-likeness (QED) is 0.361. The topological polar surface area (TPSA) is 137 Å². The molecule has 3 aromatic heterocycles. The Morgan fingerprint density at radius 1 is 1.27 bits per heavy atom. The fourth-order valence-electron chi connectivity index (χ4n) is 6.15. The number of nitrogens with zero attached hydrogens (tertiary/aromatic N) is 6. The van der Waals surface area contributed by atoms with Crippen LogP contribution in [-0.4, -0.2) is 74.8 Å². The van der Waals surface area contributed by atoms with Crippen molar-refractivity contribution >= 4 is 51.2 Å². The van der Waals surface area contributed by atoms with Crippen LogP contribution in [0.15, 0.2) is 39.4 Å². The molecule has 40 heavy (non-hydrogen) atoms. The van der Waals surface area contributed by atoms with Gasteiger partial charge in [-0.1, -0.05) is 23.4 Å². The molecule has 7 rings (SSSR count). The molecular weight excluding hydrogens is 552 g/mol. The molecule has 3 aliphatic heterocycles. The SMILES string of the molecule is C[C@@H]1OCC2(CCN(c3cnc4c(Sc5ccc6ncn(CC7CCOC7)c(=O)c6c5Cl)n[nH]c4n3)CC2)[C@H]1N. The summed E-state index contributed by atoms with van der Waals surface area (Å²) in [7, 11) is 0. The van der Waals surface area contributed by atoms with E-state index in [1.807, 2.05) is 12.1 Å². The number of benzene rings is 1. The Morgan fingerprint density at radius 3 is 2.88 bits per heavy atom. The first kappa shape index (κ1) is 26.1. The number of piperidine rings is 1. The van der Waals surface area contributed by atoms with Crippen LogP contribution >= 0.6 is 23.4 Å². The van der Waals surface area contributed by atoms with Crippen LogP contribution in [0.2, 0.25) is 5.02 Å². The Morgan fingerprint density at radius 2 is 2.12 bits per heavy atom. The van der Waals surface area contributed by atoms with Gasteiger partial charge in [0.05, 0.1) is 47.8 Å². The summed E-state index contributed by atoms with van der Waals surface area (Å²) in [6, 6.07) is 3.75. The maximum atomic E-state index is 13.3. The third-order valence-corrected chi connectivity index (χ3v) is 10.3. The van der Waals surface area contributed by atoms with Crippen LogP contribution in [0.3, 0.4) is 0 Å². The highest BCUT2D eigenvalue weighted by molar-refractivity contribution is 7.99. The summed E-state index contributed by atoms with van der Waals surface area (Å²) in [5.74, 6) is 1.11. The van der Waals surface area contributed by atoms with Crippen molar-refractivity contribution in [1.82, 2.24) is 29.7 Å². The van der Waals surface area contributed by atoms with Gasteiger partial charge in [0.25, 0.3) is 5.56 Å². The van der Waals surface area contributed by atoms with Crippen LogP contribution in [0, 0.1) is 11.3 Å². The number of nitrogens with one attached hydrogen (secondary N) is 1. The van der Waals surface area contributed by atoms with Crippen molar-refractivity contribution in [2.45, 2.75) is 54.8 Å². The summed E-state index contributed by atoms with van der Waals surface area (Å²) in [6.07, 6.45) is 6.36. The Bertz CT molecular complexity index is 1630. The smallest absolute Gasteiger partial charge is 0.262 e. The molecule has 11 nitrogen and oxygen atoms in total. The lowest BCUT2D eigenvalue weighted by Gasteiger charge is -2.41. The van der Waals surface area contributed by atoms with E-state index in [1.54, 1.807) is 17.1 Å². The van der Waals surface area contributed by atoms with Gasteiger partial charge in [-0.25, -0.2) is 15.0 Å². The first-order valence-electron chi connectivity index (χ1n) is 13.7. The molecule has 1 unspecified atom stereocenters. The van der Waals surface area contributed by atoms with Crippen LogP contribution in [-0.2, 0) is 16.0 Å². The number of hydrogen-bond donors (Lipinski definition) is 2. The zero-order valence-corrected chi connectivity index (χ0v) is 23.7. The summed E-state index contributed by atoms with van der Waals surface area (Å²) in [6.45, 7) is 6.44. The predicted octanol–water partition coefficient (Wildman–Crippen LogP) is 3.24. The van der Waals surface area contributed by atoms with Crippen molar-refractivity contribution in [1.29, 1.82) is 0 Å². The molecule has 0 aliphatic carbocycles. The summed E-state index contributed by atoms with van der Waals surface area (Å²) in [5.41, 5.74) is 8.21. The minimum atomic E-state index is -0.149. The van der Waals surface area contributed by atoms with E-state index in [2.05, 4.69) is 27.0 Å². The highest BCUT2D eigenvalue weighted by atomic mass is 35.5. The van der Waals surface area contributed by atoms with E-state index in [1.165, 1.54) is 11.8 Å². The number of nitrogens with two attached hydrogens (primary N) is 1. The fraction of sp³-hybridized carbons (Fsp3) is 0.519. The lowest BCUT2D eigenvalue weighted by Crippen LogP contribution is -2.50. The lowest BCUT2D eigenvalue weighted by molar-refractivity contribution is 0.0974. The second-order valence-corrected chi connectivity index (χ2v) is 12.6. The van der Waals surface area contributed by atoms with Gasteiger partial charge in [-0.3, -0.25) is 14.5 Å². The monoisotopic (exact) mass is 582 g/mol. The summed E-state index contributed by atoms with van der Waals surface area (Å²) < 4.78 is 13.0. The van der Waals surface area contributed by atoms with Crippen LogP contribution in [0.25, 0.3) is 22.1 Å². The number of H-pyrrole nitrogens is 1. The first-order valence-corrected chi connectivity index (χ1v) is 14.9. The number of rotatable bonds is 5. The molecule has 0 bridgehead atoms. The number of aromatic amines is 1. The third-order valence-electron chi connectivity index (χ3n) is 8.74. The molecule has 210 valence electrons. The van der Waals surface area contributed by atoms with Crippen molar-refractivity contribution in [2.24, 2.45) is 17.1 Å². The number of hydrogen-bond acceptors (Lipinski definition) is 10. The molecule has 3 atom stereocenters. The molecule has 3 aliphatic rings. The molecule has 3 fully saturated rings. The van der Waals surface area contributed by atoms with Gasteiger partial charge in [0.2, 0.25) is 0 Å². The second-order valence-electron chi connectivity index (χ2n) is 11.2. The van der Waals surface area contributed by atoms with Gasteiger partial charge in [0.15, 0.2) is 10.7 Å². The van der Waals surface area contributed by atoms with E-state index in [-0.39, 0.29) is 23.1 Å². The van der Waals surface area contributed by atoms with Gasteiger partial charge in [-0.05, 0) is 38.3 Å². The molecule has 13 heteroatoms. The van der Waals surface area contributed by atoms with Crippen molar-refractivity contribution < 1.29 is 9.47 Å². The molecule has 6 heterocycles. The highest BCUT2D eigenvalue weighted by Crippen LogP contribution is 2.42. The maximum absolute atomic E-state index is 13.3. The van der Waals surface area contributed by atoms with Crippen molar-refractivity contribution in [2.75, 3.05) is 37.8 Å². The Kier molecular flexibility index (Phi) is 6.70. The normalized spacial score (nSPS) is 24.6. The number of anilines is 1. The molecule has 0 radical (unpaired) electrons. The zero-order chi connectivity index (χ0) is 27.4. The van der Waals surface area contributed by atoms with E-state index in [9.17, 15) is 4.79 Å². The van der Waals surface area contributed by atoms with Crippen molar-refractivity contribution in [3.8, 4) is 0 Å². The molecular formula is C27H31ClN8O3S. The van der Waals surface area contributed by atoms with Gasteiger partial charge in [0.1, 0.15) is 11.3 Å². The van der Waals surface area contributed by atoms with Gasteiger partial charge < -0.3 is 20.1 Å². The predicted molar refractivity (Wildman–Crippen MR) is 153 cm³/mol. The van der Waals surface area contributed by atoms with Crippen molar-refractivity contribution in [3.63, 3.8) is 0 Å². The average Bonchev–Trinajstić information content (AvgIpc) is 3.69. The Hall–Kier alpha value is -2.77. The van der Waals surface area contributed by atoms with E-state index in [0.29, 0.717) is 56.1 Å². The minimum absolute atomic E-state index is 0.0496. The minimum Gasteiger partial charge on any atom is -0.381 e. The van der Waals surface area contributed by atoms with E-state index >= 15 is 0 Å². The molecule has 1 aromatic carbocycles. The van der Waals surface area contributed by atoms with Gasteiger partial charge in [0, 0.05) is 48.5 Å². The van der Waals surface area contributed by atoms with E-state index in [4.69, 9.17) is 36.8 Å². The summed E-state index contributed by atoms with van der Waals surface area (Å²) in [4.78, 5) is 30.3. The highest BCUT2D eigenvalue weighted by Gasteiger charge is 2.47. The van der Waals surface area contributed by atoms with Crippen LogP contribution in [0.1, 0.15) is 26.2 Å². The molecule has 4 aromatic rings. The van der Waals surface area contributed by atoms with Crippen LogP contribution in [0.4, 0.5) is 5.82 Å². The number of aromatic nitrogens is 6. The maximum Gasteiger partial charge on any atom is 0.262 e. The molecule has 3 saturated heterocycles. The molecule has 0 saturated carbocycles. The average molecular weight is 583 g/mol. The number of ether oxygens (including phenoxy) is 2. The standard InChI is InChI=1S/C27H31ClN8O3S/c1-15-23(29)27(13-39-15)5-7-35(8-6-27)19-10-30-22-24(32-19)33-34-25(22)40-18-3-2-17-20(21(18)28)26(37)36(14-31-17)11-16-4-9-38-12-16/h2-3,10,14-16,23H,4-9,11-13,29H2,1H3,(H,32,33,34)/t15-,16?,23-/m0/s1. The van der Waals surface area contributed by atoms with Crippen molar-refractivity contribution in [3.05, 3.63) is 40.0 Å². The number of halogens is 1. The zero-order valence-electron chi connectivity index (χ0n) is 22.2. The van der Waals surface area contributed by atoms with Gasteiger partial charge in [-0.2, -0.15) is 5.10 Å². The fourth-order valence-corrected chi connectivity index (χ4v) is 7.38. The largest absolute Gasteiger partial charge is 0.381 e. The lowest BCUT2D eigenvalue weighted by atomic mass is 9.73. The first-order chi connectivity index (χ1) is 19.4. The van der Waals surface area contributed by atoms with E-state index in [0.717, 1.165) is 51.4 Å². The third kappa shape index (κ3) is 4.46. The molecule has 0 amide bonds. The van der Waals surface area contributed by atoms with Crippen LogP contribution < -0.4 is 16.2 Å². The Labute approximate surface area is 239 Å². The van der Waals surface area contributed by atoms with Gasteiger partial charge >= 0.3 is 0 Å².